The maximum Gasteiger partial charge on any atom is 0.387 e. The maximum atomic E-state index is 12.4. The van der Waals surface area contributed by atoms with E-state index in [1.165, 1.54) is 12.3 Å². The highest BCUT2D eigenvalue weighted by Crippen LogP contribution is 2.22. The lowest BCUT2D eigenvalue weighted by Crippen LogP contribution is -2.31. The number of carbonyl (C=O) groups excluding carboxylic acids is 1. The van der Waals surface area contributed by atoms with Crippen LogP contribution >= 0.6 is 0 Å². The molecule has 1 amide bonds. The molecule has 3 aromatic rings. The molecule has 2 aromatic heterocycles. The first-order valence-electron chi connectivity index (χ1n) is 8.66. The number of halogens is 2. The second-order valence-corrected chi connectivity index (χ2v) is 6.46. The smallest absolute Gasteiger partial charge is 0.387 e. The van der Waals surface area contributed by atoms with Gasteiger partial charge in [0.2, 0.25) is 0 Å². The largest absolute Gasteiger partial charge is 0.435 e. The first kappa shape index (κ1) is 19.7. The van der Waals surface area contributed by atoms with Crippen LogP contribution in [0.1, 0.15) is 28.5 Å². The summed E-state index contributed by atoms with van der Waals surface area (Å²) in [5, 5.41) is 17.0. The summed E-state index contributed by atoms with van der Waals surface area (Å²) in [4.78, 5) is 16.4. The summed E-state index contributed by atoms with van der Waals surface area (Å²) in [6.45, 7) is 0.907. The quantitative estimate of drug-likeness (QED) is 0.647. The lowest BCUT2D eigenvalue weighted by molar-refractivity contribution is -0.0503. The third-order valence-electron chi connectivity index (χ3n) is 4.05. The van der Waals surface area contributed by atoms with Gasteiger partial charge in [-0.15, -0.1) is 0 Å². The SMILES string of the molecule is Cc1cc(Cn2cc3c(C(=O)NC[C@H](C)O)nccc3n2)ccc1OC(F)F. The Balaban J connectivity index is 1.82. The lowest BCUT2D eigenvalue weighted by atomic mass is 10.1. The Morgan fingerprint density at radius 3 is 2.82 bits per heavy atom. The number of rotatable bonds is 7. The van der Waals surface area contributed by atoms with Crippen LogP contribution in [0, 0.1) is 6.92 Å². The number of alkyl halides is 2. The first-order valence-corrected chi connectivity index (χ1v) is 8.66. The van der Waals surface area contributed by atoms with Gasteiger partial charge in [-0.1, -0.05) is 12.1 Å². The van der Waals surface area contributed by atoms with Gasteiger partial charge in [-0.05, 0) is 37.1 Å². The van der Waals surface area contributed by atoms with E-state index in [0.29, 0.717) is 23.0 Å². The molecule has 148 valence electrons. The van der Waals surface area contributed by atoms with Gasteiger partial charge >= 0.3 is 6.61 Å². The van der Waals surface area contributed by atoms with Crippen LogP contribution in [0.15, 0.2) is 36.7 Å². The van der Waals surface area contributed by atoms with Gasteiger partial charge in [0.1, 0.15) is 11.4 Å². The molecule has 0 radical (unpaired) electrons. The second-order valence-electron chi connectivity index (χ2n) is 6.46. The van der Waals surface area contributed by atoms with Crippen molar-refractivity contribution in [3.05, 3.63) is 53.5 Å². The van der Waals surface area contributed by atoms with E-state index in [4.69, 9.17) is 0 Å². The fourth-order valence-electron chi connectivity index (χ4n) is 2.80. The molecule has 2 N–H and O–H groups in total. The van der Waals surface area contributed by atoms with Crippen molar-refractivity contribution in [2.24, 2.45) is 0 Å². The van der Waals surface area contributed by atoms with Crippen molar-refractivity contribution in [3.63, 3.8) is 0 Å². The zero-order chi connectivity index (χ0) is 20.3. The van der Waals surface area contributed by atoms with Gasteiger partial charge in [0.05, 0.1) is 23.6 Å². The number of carbonyl (C=O) groups is 1. The number of aromatic nitrogens is 3. The first-order chi connectivity index (χ1) is 13.3. The van der Waals surface area contributed by atoms with Crippen molar-refractivity contribution in [3.8, 4) is 5.75 Å². The molecule has 0 aliphatic rings. The fraction of sp³-hybridized carbons (Fsp3) is 0.316. The Morgan fingerprint density at radius 2 is 2.14 bits per heavy atom. The average Bonchev–Trinajstić information content (AvgIpc) is 3.04. The Labute approximate surface area is 160 Å². The number of benzene rings is 1. The number of amides is 1. The Morgan fingerprint density at radius 1 is 1.36 bits per heavy atom. The third-order valence-corrected chi connectivity index (χ3v) is 4.05. The van der Waals surface area contributed by atoms with E-state index in [1.807, 2.05) is 0 Å². The molecule has 3 rings (SSSR count). The number of ether oxygens (including phenoxy) is 1. The van der Waals surface area contributed by atoms with Gasteiger partial charge in [0.25, 0.3) is 5.91 Å². The van der Waals surface area contributed by atoms with Crippen LogP contribution in [-0.2, 0) is 6.54 Å². The van der Waals surface area contributed by atoms with Crippen LogP contribution in [0.4, 0.5) is 8.78 Å². The highest BCUT2D eigenvalue weighted by atomic mass is 19.3. The molecule has 2 heterocycles. The van der Waals surface area contributed by atoms with E-state index in [9.17, 15) is 18.7 Å². The molecular formula is C19H20F2N4O3. The number of nitrogens with one attached hydrogen (secondary N) is 1. The van der Waals surface area contributed by atoms with Gasteiger partial charge in [-0.3, -0.25) is 14.5 Å². The minimum atomic E-state index is -2.87. The van der Waals surface area contributed by atoms with E-state index >= 15 is 0 Å². The van der Waals surface area contributed by atoms with Gasteiger partial charge < -0.3 is 15.2 Å². The highest BCUT2D eigenvalue weighted by Gasteiger charge is 2.15. The molecule has 1 aromatic carbocycles. The van der Waals surface area contributed by atoms with Crippen LogP contribution in [0.25, 0.3) is 10.9 Å². The van der Waals surface area contributed by atoms with Gasteiger partial charge in [-0.25, -0.2) is 0 Å². The van der Waals surface area contributed by atoms with Crippen molar-refractivity contribution < 1.29 is 23.4 Å². The van der Waals surface area contributed by atoms with Crippen LogP contribution < -0.4 is 10.1 Å². The number of hydrogen-bond acceptors (Lipinski definition) is 5. The summed E-state index contributed by atoms with van der Waals surface area (Å²) in [7, 11) is 0. The number of aryl methyl sites for hydroxylation is 1. The van der Waals surface area contributed by atoms with E-state index < -0.39 is 18.6 Å². The van der Waals surface area contributed by atoms with E-state index in [1.54, 1.807) is 42.9 Å². The predicted molar refractivity (Wildman–Crippen MR) is 98.5 cm³/mol. The topological polar surface area (TPSA) is 89.3 Å². The maximum absolute atomic E-state index is 12.4. The van der Waals surface area contributed by atoms with E-state index in [2.05, 4.69) is 20.1 Å². The summed E-state index contributed by atoms with van der Waals surface area (Å²) in [5.74, 6) is -0.263. The minimum absolute atomic E-state index is 0.122. The Kier molecular flexibility index (Phi) is 5.84. The zero-order valence-electron chi connectivity index (χ0n) is 15.4. The monoisotopic (exact) mass is 390 g/mol. The molecule has 0 saturated carbocycles. The van der Waals surface area contributed by atoms with Crippen LogP contribution in [0.2, 0.25) is 0 Å². The summed E-state index contributed by atoms with van der Waals surface area (Å²) >= 11 is 0. The molecule has 1 atom stereocenters. The van der Waals surface area contributed by atoms with E-state index in [0.717, 1.165) is 5.56 Å². The van der Waals surface area contributed by atoms with Crippen molar-refractivity contribution in [2.75, 3.05) is 6.54 Å². The van der Waals surface area contributed by atoms with Crippen molar-refractivity contribution in [2.45, 2.75) is 33.1 Å². The molecule has 28 heavy (non-hydrogen) atoms. The number of hydrogen-bond donors (Lipinski definition) is 2. The highest BCUT2D eigenvalue weighted by molar-refractivity contribution is 6.04. The van der Waals surface area contributed by atoms with Crippen molar-refractivity contribution in [1.29, 1.82) is 0 Å². The number of aliphatic hydroxyl groups excluding tert-OH is 1. The standard InChI is InChI=1S/C19H20F2N4O3/c1-11-7-13(3-4-16(11)28-19(20)21)9-25-10-14-15(24-25)5-6-22-17(14)18(27)23-8-12(2)26/h3-7,10,12,19,26H,8-9H2,1-2H3,(H,23,27)/t12-/m0/s1. The summed E-state index contributed by atoms with van der Waals surface area (Å²) in [6.07, 6.45) is 2.54. The number of fused-ring (bicyclic) bond motifs is 1. The summed E-state index contributed by atoms with van der Waals surface area (Å²) in [6, 6.07) is 6.63. The van der Waals surface area contributed by atoms with Crippen LogP contribution in [-0.4, -0.2) is 45.0 Å². The predicted octanol–water partition coefficient (Wildman–Crippen LogP) is 2.50. The molecule has 0 aliphatic carbocycles. The molecule has 0 aliphatic heterocycles. The van der Waals surface area contributed by atoms with Crippen LogP contribution in [0.3, 0.4) is 0 Å². The molecule has 0 saturated heterocycles. The average molecular weight is 390 g/mol. The molecule has 9 heteroatoms. The second kappa shape index (κ2) is 8.30. The molecule has 0 spiro atoms. The summed E-state index contributed by atoms with van der Waals surface area (Å²) in [5.41, 5.74) is 2.27. The molecular weight excluding hydrogens is 370 g/mol. The Bertz CT molecular complexity index is 988. The minimum Gasteiger partial charge on any atom is -0.435 e. The number of pyridine rings is 1. The Hall–Kier alpha value is -3.07. The number of aliphatic hydroxyl groups is 1. The zero-order valence-corrected chi connectivity index (χ0v) is 15.4. The van der Waals surface area contributed by atoms with Gasteiger partial charge in [-0.2, -0.15) is 13.9 Å². The lowest BCUT2D eigenvalue weighted by Gasteiger charge is -2.09. The third kappa shape index (κ3) is 4.61. The van der Waals surface area contributed by atoms with E-state index in [-0.39, 0.29) is 18.0 Å². The normalized spacial score (nSPS) is 12.4. The summed E-state index contributed by atoms with van der Waals surface area (Å²) < 4.78 is 30.9. The van der Waals surface area contributed by atoms with Gasteiger partial charge in [0.15, 0.2) is 0 Å². The fourth-order valence-corrected chi connectivity index (χ4v) is 2.80. The molecule has 7 nitrogen and oxygen atoms in total. The van der Waals surface area contributed by atoms with Crippen LogP contribution in [0.5, 0.6) is 5.75 Å². The molecule has 0 bridgehead atoms. The van der Waals surface area contributed by atoms with Gasteiger partial charge in [0, 0.05) is 18.9 Å². The van der Waals surface area contributed by atoms with Crippen molar-refractivity contribution >= 4 is 16.8 Å². The van der Waals surface area contributed by atoms with Crippen molar-refractivity contribution in [1.82, 2.24) is 20.1 Å². The molecule has 0 unspecified atom stereocenters. The number of nitrogens with zero attached hydrogens (tertiary/aromatic N) is 3. The molecule has 0 fully saturated rings.